The van der Waals surface area contributed by atoms with Crippen LogP contribution in [0.3, 0.4) is 0 Å². The quantitative estimate of drug-likeness (QED) is 0.853. The topological polar surface area (TPSA) is 64.3 Å². The molecule has 0 atom stereocenters. The highest BCUT2D eigenvalue weighted by atomic mass is 19.1. The summed E-state index contributed by atoms with van der Waals surface area (Å²) in [4.78, 5) is 12.3. The van der Waals surface area contributed by atoms with Crippen LogP contribution in [0, 0.1) is 11.7 Å². The van der Waals surface area contributed by atoms with Gasteiger partial charge < -0.3 is 15.8 Å². The zero-order valence-electron chi connectivity index (χ0n) is 12.7. The Labute approximate surface area is 134 Å². The molecular formula is C18H19FN2O2. The standard InChI is InChI=1S/C18H19FN2O2/c19-15-3-1-2-13(10-15)14-4-5-16(20)17(11-14)21-18(22)12-6-8-23-9-7-12/h1-5,10-12H,6-9,20H2,(H,21,22). The van der Waals surface area contributed by atoms with Crippen molar-refractivity contribution in [2.45, 2.75) is 12.8 Å². The second kappa shape index (κ2) is 6.79. The number of amides is 1. The molecule has 3 rings (SSSR count). The number of carbonyl (C=O) groups excluding carboxylic acids is 1. The highest BCUT2D eigenvalue weighted by Gasteiger charge is 2.22. The molecule has 1 aliphatic heterocycles. The van der Waals surface area contributed by atoms with Gasteiger partial charge in [-0.2, -0.15) is 0 Å². The van der Waals surface area contributed by atoms with Crippen LogP contribution in [0.1, 0.15) is 12.8 Å². The number of benzene rings is 2. The Kier molecular flexibility index (Phi) is 4.57. The molecule has 1 amide bonds. The predicted octanol–water partition coefficient (Wildman–Crippen LogP) is 3.44. The van der Waals surface area contributed by atoms with Crippen molar-refractivity contribution in [3.8, 4) is 11.1 Å². The number of nitrogen functional groups attached to an aromatic ring is 1. The van der Waals surface area contributed by atoms with Crippen molar-refractivity contribution in [1.29, 1.82) is 0 Å². The van der Waals surface area contributed by atoms with Crippen molar-refractivity contribution in [1.82, 2.24) is 0 Å². The average molecular weight is 314 g/mol. The maximum atomic E-state index is 13.4. The molecule has 0 aromatic heterocycles. The molecule has 0 bridgehead atoms. The lowest BCUT2D eigenvalue weighted by Gasteiger charge is -2.21. The molecule has 4 nitrogen and oxygen atoms in total. The molecule has 1 fully saturated rings. The van der Waals surface area contributed by atoms with Gasteiger partial charge in [0.05, 0.1) is 11.4 Å². The maximum absolute atomic E-state index is 13.4. The molecule has 120 valence electrons. The predicted molar refractivity (Wildman–Crippen MR) is 88.4 cm³/mol. The van der Waals surface area contributed by atoms with Crippen LogP contribution in [-0.4, -0.2) is 19.1 Å². The van der Waals surface area contributed by atoms with Crippen LogP contribution in [0.25, 0.3) is 11.1 Å². The molecule has 0 radical (unpaired) electrons. The minimum absolute atomic E-state index is 0.0450. The molecule has 2 aromatic rings. The summed E-state index contributed by atoms with van der Waals surface area (Å²) in [5.41, 5.74) is 8.56. The first-order chi connectivity index (χ1) is 11.1. The van der Waals surface area contributed by atoms with Gasteiger partial charge in [0.2, 0.25) is 5.91 Å². The summed E-state index contributed by atoms with van der Waals surface area (Å²) in [5, 5.41) is 2.89. The van der Waals surface area contributed by atoms with Crippen LogP contribution < -0.4 is 11.1 Å². The minimum atomic E-state index is -0.299. The Bertz CT molecular complexity index is 712. The number of hydrogen-bond donors (Lipinski definition) is 2. The smallest absolute Gasteiger partial charge is 0.227 e. The van der Waals surface area contributed by atoms with Gasteiger partial charge in [0.15, 0.2) is 0 Å². The number of hydrogen-bond acceptors (Lipinski definition) is 3. The monoisotopic (exact) mass is 314 g/mol. The minimum Gasteiger partial charge on any atom is -0.397 e. The molecule has 0 spiro atoms. The first kappa shape index (κ1) is 15.5. The molecule has 1 saturated heterocycles. The van der Waals surface area contributed by atoms with Gasteiger partial charge in [0.25, 0.3) is 0 Å². The van der Waals surface area contributed by atoms with Gasteiger partial charge in [-0.15, -0.1) is 0 Å². The van der Waals surface area contributed by atoms with Crippen LogP contribution in [-0.2, 0) is 9.53 Å². The first-order valence-corrected chi connectivity index (χ1v) is 7.67. The molecule has 1 aliphatic rings. The number of carbonyl (C=O) groups is 1. The molecule has 1 heterocycles. The third-order valence-electron chi connectivity index (χ3n) is 4.06. The molecular weight excluding hydrogens is 295 g/mol. The summed E-state index contributed by atoms with van der Waals surface area (Å²) in [7, 11) is 0. The van der Waals surface area contributed by atoms with E-state index in [9.17, 15) is 9.18 Å². The zero-order valence-corrected chi connectivity index (χ0v) is 12.7. The largest absolute Gasteiger partial charge is 0.397 e. The molecule has 0 saturated carbocycles. The normalized spacial score (nSPS) is 15.3. The number of ether oxygens (including phenoxy) is 1. The van der Waals surface area contributed by atoms with Crippen LogP contribution in [0.4, 0.5) is 15.8 Å². The van der Waals surface area contributed by atoms with E-state index in [1.54, 1.807) is 18.2 Å². The van der Waals surface area contributed by atoms with Gasteiger partial charge in [-0.3, -0.25) is 4.79 Å². The lowest BCUT2D eigenvalue weighted by Crippen LogP contribution is -2.28. The number of rotatable bonds is 3. The van der Waals surface area contributed by atoms with Gasteiger partial charge in [-0.25, -0.2) is 4.39 Å². The van der Waals surface area contributed by atoms with Crippen molar-refractivity contribution in [2.24, 2.45) is 5.92 Å². The fourth-order valence-corrected chi connectivity index (χ4v) is 2.71. The Morgan fingerprint density at radius 3 is 2.61 bits per heavy atom. The molecule has 5 heteroatoms. The van der Waals surface area contributed by atoms with Crippen molar-refractivity contribution in [3.05, 3.63) is 48.3 Å². The van der Waals surface area contributed by atoms with E-state index in [-0.39, 0.29) is 17.6 Å². The van der Waals surface area contributed by atoms with E-state index in [4.69, 9.17) is 10.5 Å². The first-order valence-electron chi connectivity index (χ1n) is 7.67. The van der Waals surface area contributed by atoms with Crippen LogP contribution in [0.15, 0.2) is 42.5 Å². The lowest BCUT2D eigenvalue weighted by atomic mass is 9.99. The third kappa shape index (κ3) is 3.68. The highest BCUT2D eigenvalue weighted by molar-refractivity contribution is 5.96. The number of nitrogens with two attached hydrogens (primary N) is 1. The Hall–Kier alpha value is -2.40. The Balaban J connectivity index is 1.81. The lowest BCUT2D eigenvalue weighted by molar-refractivity contribution is -0.122. The average Bonchev–Trinajstić information content (AvgIpc) is 2.57. The fourth-order valence-electron chi connectivity index (χ4n) is 2.71. The van der Waals surface area contributed by atoms with E-state index in [1.165, 1.54) is 12.1 Å². The van der Waals surface area contributed by atoms with Gasteiger partial charge in [-0.05, 0) is 48.2 Å². The molecule has 0 aliphatic carbocycles. The van der Waals surface area contributed by atoms with Crippen molar-refractivity contribution < 1.29 is 13.9 Å². The summed E-state index contributed by atoms with van der Waals surface area (Å²) in [6.07, 6.45) is 1.44. The van der Waals surface area contributed by atoms with Gasteiger partial charge in [0.1, 0.15) is 5.82 Å². The SMILES string of the molecule is Nc1ccc(-c2cccc(F)c2)cc1NC(=O)C1CCOCC1. The second-order valence-electron chi connectivity index (χ2n) is 5.69. The Morgan fingerprint density at radius 1 is 1.13 bits per heavy atom. The van der Waals surface area contributed by atoms with E-state index in [2.05, 4.69) is 5.32 Å². The van der Waals surface area contributed by atoms with Crippen molar-refractivity contribution in [3.63, 3.8) is 0 Å². The van der Waals surface area contributed by atoms with E-state index < -0.39 is 0 Å². The number of anilines is 2. The van der Waals surface area contributed by atoms with E-state index in [1.807, 2.05) is 12.1 Å². The maximum Gasteiger partial charge on any atom is 0.227 e. The summed E-state index contributed by atoms with van der Waals surface area (Å²) in [6.45, 7) is 1.22. The van der Waals surface area contributed by atoms with Gasteiger partial charge >= 0.3 is 0 Å². The van der Waals surface area contributed by atoms with E-state index in [0.717, 1.165) is 24.0 Å². The zero-order chi connectivity index (χ0) is 16.2. The van der Waals surface area contributed by atoms with Crippen molar-refractivity contribution in [2.75, 3.05) is 24.3 Å². The number of halogens is 1. The Morgan fingerprint density at radius 2 is 1.87 bits per heavy atom. The van der Waals surface area contributed by atoms with Crippen molar-refractivity contribution >= 4 is 17.3 Å². The van der Waals surface area contributed by atoms with E-state index in [0.29, 0.717) is 24.6 Å². The summed E-state index contributed by atoms with van der Waals surface area (Å²) < 4.78 is 18.7. The molecule has 2 aromatic carbocycles. The van der Waals surface area contributed by atoms with E-state index >= 15 is 0 Å². The van der Waals surface area contributed by atoms with Gasteiger partial charge in [0, 0.05) is 19.1 Å². The number of nitrogens with one attached hydrogen (secondary N) is 1. The second-order valence-corrected chi connectivity index (χ2v) is 5.69. The molecule has 3 N–H and O–H groups in total. The van der Waals surface area contributed by atoms with Gasteiger partial charge in [-0.1, -0.05) is 18.2 Å². The van der Waals surface area contributed by atoms with Crippen LogP contribution >= 0.6 is 0 Å². The fraction of sp³-hybridized carbons (Fsp3) is 0.278. The molecule has 23 heavy (non-hydrogen) atoms. The third-order valence-corrected chi connectivity index (χ3v) is 4.06. The summed E-state index contributed by atoms with van der Waals surface area (Å²) >= 11 is 0. The highest BCUT2D eigenvalue weighted by Crippen LogP contribution is 2.28. The summed E-state index contributed by atoms with van der Waals surface area (Å²) in [6, 6.07) is 11.6. The van der Waals surface area contributed by atoms with Crippen LogP contribution in [0.2, 0.25) is 0 Å². The summed E-state index contributed by atoms with van der Waals surface area (Å²) in [5.74, 6) is -0.399. The van der Waals surface area contributed by atoms with Crippen LogP contribution in [0.5, 0.6) is 0 Å². The molecule has 0 unspecified atom stereocenters.